The summed E-state index contributed by atoms with van der Waals surface area (Å²) in [6, 6.07) is 0.500. The van der Waals surface area contributed by atoms with Crippen LogP contribution in [0.4, 0.5) is 0 Å². The van der Waals surface area contributed by atoms with E-state index in [2.05, 4.69) is 49.7 Å². The predicted molar refractivity (Wildman–Crippen MR) is 74.8 cm³/mol. The molecular formula is C14H27N3O. The lowest BCUT2D eigenvalue weighted by molar-refractivity contribution is 0.124. The number of ether oxygens (including phenoxy) is 1. The minimum atomic E-state index is 0.500. The van der Waals surface area contributed by atoms with Crippen LogP contribution in [0.3, 0.4) is 0 Å². The average Bonchev–Trinajstić information content (AvgIpc) is 2.58. The van der Waals surface area contributed by atoms with Gasteiger partial charge in [-0.3, -0.25) is 4.68 Å². The van der Waals surface area contributed by atoms with Crippen LogP contribution in [0.25, 0.3) is 0 Å². The molecule has 0 aromatic carbocycles. The van der Waals surface area contributed by atoms with E-state index < -0.39 is 0 Å². The molecule has 0 saturated carbocycles. The molecule has 0 aliphatic rings. The molecule has 1 aromatic heterocycles. The Hall–Kier alpha value is -0.870. The number of aromatic nitrogens is 2. The van der Waals surface area contributed by atoms with E-state index in [9.17, 15) is 0 Å². The fourth-order valence-corrected chi connectivity index (χ4v) is 1.91. The van der Waals surface area contributed by atoms with Gasteiger partial charge in [0.15, 0.2) is 0 Å². The van der Waals surface area contributed by atoms with Crippen molar-refractivity contribution in [1.82, 2.24) is 15.1 Å². The maximum atomic E-state index is 5.51. The first-order chi connectivity index (χ1) is 8.56. The second-order valence-electron chi connectivity index (χ2n) is 5.02. The van der Waals surface area contributed by atoms with Gasteiger partial charge in [0, 0.05) is 30.5 Å². The van der Waals surface area contributed by atoms with Crippen LogP contribution in [0, 0.1) is 13.8 Å². The summed E-state index contributed by atoms with van der Waals surface area (Å²) in [4.78, 5) is 0. The highest BCUT2D eigenvalue weighted by molar-refractivity contribution is 5.24. The Bertz CT molecular complexity index is 358. The van der Waals surface area contributed by atoms with E-state index in [4.69, 9.17) is 4.74 Å². The minimum Gasteiger partial charge on any atom is -0.380 e. The lowest BCUT2D eigenvalue weighted by atomic mass is 10.2. The third-order valence-corrected chi connectivity index (χ3v) is 3.01. The van der Waals surface area contributed by atoms with Crippen molar-refractivity contribution >= 4 is 0 Å². The van der Waals surface area contributed by atoms with Crippen molar-refractivity contribution in [3.8, 4) is 0 Å². The van der Waals surface area contributed by atoms with Crippen molar-refractivity contribution in [2.24, 2.45) is 0 Å². The first-order valence-corrected chi connectivity index (χ1v) is 6.90. The number of rotatable bonds is 8. The lowest BCUT2D eigenvalue weighted by Crippen LogP contribution is -2.22. The van der Waals surface area contributed by atoms with Crippen LogP contribution >= 0.6 is 0 Å². The van der Waals surface area contributed by atoms with Gasteiger partial charge in [-0.25, -0.2) is 0 Å². The zero-order valence-corrected chi connectivity index (χ0v) is 12.4. The van der Waals surface area contributed by atoms with Crippen LogP contribution in [0.5, 0.6) is 0 Å². The maximum absolute atomic E-state index is 5.51. The second-order valence-corrected chi connectivity index (χ2v) is 5.02. The van der Waals surface area contributed by atoms with Crippen LogP contribution < -0.4 is 5.32 Å². The van der Waals surface area contributed by atoms with Crippen molar-refractivity contribution < 1.29 is 4.74 Å². The highest BCUT2D eigenvalue weighted by atomic mass is 16.5. The number of nitrogens with zero attached hydrogens (tertiary/aromatic N) is 2. The monoisotopic (exact) mass is 253 g/mol. The van der Waals surface area contributed by atoms with E-state index in [-0.39, 0.29) is 0 Å². The zero-order chi connectivity index (χ0) is 13.5. The van der Waals surface area contributed by atoms with Crippen LogP contribution in [-0.2, 0) is 17.8 Å². The Morgan fingerprint density at radius 2 is 2.00 bits per heavy atom. The number of nitrogens with one attached hydrogen (secondary N) is 1. The van der Waals surface area contributed by atoms with Gasteiger partial charge in [0.25, 0.3) is 0 Å². The van der Waals surface area contributed by atoms with Crippen molar-refractivity contribution in [2.45, 2.75) is 60.2 Å². The van der Waals surface area contributed by atoms with E-state index in [1.165, 1.54) is 11.3 Å². The Morgan fingerprint density at radius 1 is 1.28 bits per heavy atom. The van der Waals surface area contributed by atoms with Gasteiger partial charge in [-0.2, -0.15) is 5.10 Å². The SMILES string of the molecule is CCCOCCn1nc(C)c(CNC(C)C)c1C. The summed E-state index contributed by atoms with van der Waals surface area (Å²) in [6.07, 6.45) is 1.07. The summed E-state index contributed by atoms with van der Waals surface area (Å²) < 4.78 is 7.57. The van der Waals surface area contributed by atoms with E-state index in [0.717, 1.165) is 38.4 Å². The summed E-state index contributed by atoms with van der Waals surface area (Å²) in [6.45, 7) is 14.0. The van der Waals surface area contributed by atoms with Crippen molar-refractivity contribution in [3.05, 3.63) is 17.0 Å². The van der Waals surface area contributed by atoms with Crippen LogP contribution in [0.1, 0.15) is 44.1 Å². The first kappa shape index (κ1) is 15.2. The summed E-state index contributed by atoms with van der Waals surface area (Å²) in [7, 11) is 0. The molecular weight excluding hydrogens is 226 g/mol. The Kier molecular flexibility index (Phi) is 6.36. The van der Waals surface area contributed by atoms with Gasteiger partial charge in [0.1, 0.15) is 0 Å². The molecule has 0 radical (unpaired) electrons. The maximum Gasteiger partial charge on any atom is 0.0662 e. The molecule has 0 aliphatic heterocycles. The second kappa shape index (κ2) is 7.54. The molecule has 0 bridgehead atoms. The molecule has 0 spiro atoms. The molecule has 0 saturated heterocycles. The summed E-state index contributed by atoms with van der Waals surface area (Å²) in [5.41, 5.74) is 3.69. The fourth-order valence-electron chi connectivity index (χ4n) is 1.91. The summed E-state index contributed by atoms with van der Waals surface area (Å²) in [5.74, 6) is 0. The number of hydrogen-bond acceptors (Lipinski definition) is 3. The van der Waals surface area contributed by atoms with Crippen LogP contribution in [0.15, 0.2) is 0 Å². The highest BCUT2D eigenvalue weighted by Gasteiger charge is 2.11. The van der Waals surface area contributed by atoms with E-state index >= 15 is 0 Å². The van der Waals surface area contributed by atoms with E-state index in [1.807, 2.05) is 0 Å². The molecule has 104 valence electrons. The molecule has 1 rings (SSSR count). The third-order valence-electron chi connectivity index (χ3n) is 3.01. The van der Waals surface area contributed by atoms with Crippen molar-refractivity contribution in [2.75, 3.05) is 13.2 Å². The predicted octanol–water partition coefficient (Wildman–Crippen LogP) is 2.42. The molecule has 4 nitrogen and oxygen atoms in total. The van der Waals surface area contributed by atoms with Crippen molar-refractivity contribution in [3.63, 3.8) is 0 Å². The normalized spacial score (nSPS) is 11.4. The van der Waals surface area contributed by atoms with Gasteiger partial charge in [-0.05, 0) is 20.3 Å². The topological polar surface area (TPSA) is 39.1 Å². The molecule has 0 fully saturated rings. The van der Waals surface area contributed by atoms with Crippen molar-refractivity contribution in [1.29, 1.82) is 0 Å². The molecule has 1 heterocycles. The average molecular weight is 253 g/mol. The number of aryl methyl sites for hydroxylation is 1. The molecule has 0 amide bonds. The molecule has 4 heteroatoms. The van der Waals surface area contributed by atoms with E-state index in [0.29, 0.717) is 6.04 Å². The van der Waals surface area contributed by atoms with E-state index in [1.54, 1.807) is 0 Å². The zero-order valence-electron chi connectivity index (χ0n) is 12.4. The van der Waals surface area contributed by atoms with Gasteiger partial charge in [-0.15, -0.1) is 0 Å². The Balaban J connectivity index is 2.56. The Labute approximate surface area is 111 Å². The molecule has 0 aliphatic carbocycles. The molecule has 1 N–H and O–H groups in total. The van der Waals surface area contributed by atoms with Gasteiger partial charge in [-0.1, -0.05) is 20.8 Å². The van der Waals surface area contributed by atoms with Crippen LogP contribution in [-0.4, -0.2) is 29.0 Å². The smallest absolute Gasteiger partial charge is 0.0662 e. The Morgan fingerprint density at radius 3 is 2.61 bits per heavy atom. The molecule has 0 atom stereocenters. The first-order valence-electron chi connectivity index (χ1n) is 6.90. The van der Waals surface area contributed by atoms with Gasteiger partial charge in [0.05, 0.1) is 18.8 Å². The van der Waals surface area contributed by atoms with Gasteiger partial charge >= 0.3 is 0 Å². The highest BCUT2D eigenvalue weighted by Crippen LogP contribution is 2.12. The lowest BCUT2D eigenvalue weighted by Gasteiger charge is -2.09. The largest absolute Gasteiger partial charge is 0.380 e. The minimum absolute atomic E-state index is 0.500. The number of hydrogen-bond donors (Lipinski definition) is 1. The fraction of sp³-hybridized carbons (Fsp3) is 0.786. The van der Waals surface area contributed by atoms with Gasteiger partial charge in [0.2, 0.25) is 0 Å². The summed E-state index contributed by atoms with van der Waals surface area (Å²) in [5, 5.41) is 8.03. The third kappa shape index (κ3) is 4.42. The molecule has 18 heavy (non-hydrogen) atoms. The quantitative estimate of drug-likeness (QED) is 0.723. The molecule has 1 aromatic rings. The standard InChI is InChI=1S/C14H27N3O/c1-6-8-18-9-7-17-13(5)14(12(4)16-17)10-15-11(2)3/h11,15H,6-10H2,1-5H3. The van der Waals surface area contributed by atoms with Gasteiger partial charge < -0.3 is 10.1 Å². The molecule has 0 unspecified atom stereocenters. The van der Waals surface area contributed by atoms with Crippen LogP contribution in [0.2, 0.25) is 0 Å². The summed E-state index contributed by atoms with van der Waals surface area (Å²) >= 11 is 0.